The third kappa shape index (κ3) is 8.55. The predicted molar refractivity (Wildman–Crippen MR) is 119 cm³/mol. The zero-order valence-corrected chi connectivity index (χ0v) is 19.0. The number of hydrogen-bond donors (Lipinski definition) is 2. The van der Waals surface area contributed by atoms with Crippen LogP contribution in [0.1, 0.15) is 44.2 Å². The second kappa shape index (κ2) is 12.5. The average Bonchev–Trinajstić information content (AvgIpc) is 2.66. The van der Waals surface area contributed by atoms with Crippen LogP contribution in [-0.4, -0.2) is 43.6 Å². The van der Waals surface area contributed by atoms with Crippen molar-refractivity contribution in [1.29, 1.82) is 0 Å². The monoisotopic (exact) mass is 512 g/mol. The van der Waals surface area contributed by atoms with Crippen LogP contribution in [0.4, 0.5) is 13.2 Å². The van der Waals surface area contributed by atoms with Gasteiger partial charge in [0.15, 0.2) is 5.96 Å². The summed E-state index contributed by atoms with van der Waals surface area (Å²) in [5.74, 6) is 1.46. The predicted octanol–water partition coefficient (Wildman–Crippen LogP) is 4.50. The molecule has 28 heavy (non-hydrogen) atoms. The Kier molecular flexibility index (Phi) is 11.2. The van der Waals surface area contributed by atoms with Crippen molar-refractivity contribution >= 4 is 29.9 Å². The Morgan fingerprint density at radius 3 is 2.29 bits per heavy atom. The summed E-state index contributed by atoms with van der Waals surface area (Å²) in [6.07, 6.45) is -0.697. The molecule has 0 atom stereocenters. The fraction of sp³-hybridized carbons (Fsp3) is 0.650. The fourth-order valence-electron chi connectivity index (χ4n) is 3.30. The topological polar surface area (TPSA) is 39.7 Å². The highest BCUT2D eigenvalue weighted by atomic mass is 127. The van der Waals surface area contributed by atoms with Crippen LogP contribution in [0.25, 0.3) is 0 Å². The smallest absolute Gasteiger partial charge is 0.357 e. The summed E-state index contributed by atoms with van der Waals surface area (Å²) >= 11 is 0. The Morgan fingerprint density at radius 2 is 1.75 bits per heavy atom. The Bertz CT molecular complexity index is 582. The normalized spacial score (nSPS) is 16.5. The Morgan fingerprint density at radius 1 is 1.11 bits per heavy atom. The molecule has 160 valence electrons. The molecule has 0 radical (unpaired) electrons. The third-order valence-corrected chi connectivity index (χ3v) is 5.04. The van der Waals surface area contributed by atoms with Gasteiger partial charge in [0.1, 0.15) is 0 Å². The SMILES string of the molecule is CCNC(=NCc1ccc(C(F)(F)F)cc1)NCCC1CCN(CC)CC1.I. The van der Waals surface area contributed by atoms with Gasteiger partial charge in [0.05, 0.1) is 12.1 Å². The Balaban J connectivity index is 0.00000392. The third-order valence-electron chi connectivity index (χ3n) is 5.04. The van der Waals surface area contributed by atoms with E-state index >= 15 is 0 Å². The molecule has 1 aliphatic rings. The quantitative estimate of drug-likeness (QED) is 0.321. The van der Waals surface area contributed by atoms with E-state index in [4.69, 9.17) is 0 Å². The van der Waals surface area contributed by atoms with Gasteiger partial charge in [0.2, 0.25) is 0 Å². The number of halogens is 4. The second-order valence-corrected chi connectivity index (χ2v) is 6.98. The van der Waals surface area contributed by atoms with E-state index in [9.17, 15) is 13.2 Å². The van der Waals surface area contributed by atoms with Crippen LogP contribution >= 0.6 is 24.0 Å². The van der Waals surface area contributed by atoms with Crippen molar-refractivity contribution in [2.75, 3.05) is 32.7 Å². The first-order valence-corrected chi connectivity index (χ1v) is 9.83. The molecule has 0 saturated carbocycles. The number of nitrogens with zero attached hydrogens (tertiary/aromatic N) is 2. The first-order valence-electron chi connectivity index (χ1n) is 9.83. The Hall–Kier alpha value is -1.03. The van der Waals surface area contributed by atoms with Crippen LogP contribution in [0.5, 0.6) is 0 Å². The summed E-state index contributed by atoms with van der Waals surface area (Å²) in [7, 11) is 0. The van der Waals surface area contributed by atoms with Crippen LogP contribution < -0.4 is 10.6 Å². The second-order valence-electron chi connectivity index (χ2n) is 6.98. The first kappa shape index (κ1) is 25.0. The van der Waals surface area contributed by atoms with Crippen molar-refractivity contribution in [3.05, 3.63) is 35.4 Å². The molecule has 1 aromatic carbocycles. The number of benzene rings is 1. The van der Waals surface area contributed by atoms with Crippen molar-refractivity contribution in [3.8, 4) is 0 Å². The molecule has 1 aromatic rings. The highest BCUT2D eigenvalue weighted by Gasteiger charge is 2.29. The van der Waals surface area contributed by atoms with Gasteiger partial charge >= 0.3 is 6.18 Å². The molecule has 1 saturated heterocycles. The van der Waals surface area contributed by atoms with E-state index in [0.717, 1.165) is 49.7 Å². The number of guanidine groups is 1. The molecule has 1 fully saturated rings. The van der Waals surface area contributed by atoms with E-state index in [1.165, 1.54) is 38.1 Å². The first-order chi connectivity index (χ1) is 12.9. The summed E-state index contributed by atoms with van der Waals surface area (Å²) in [6, 6.07) is 5.18. The van der Waals surface area contributed by atoms with Gasteiger partial charge in [0, 0.05) is 13.1 Å². The minimum Gasteiger partial charge on any atom is -0.357 e. The molecule has 0 spiro atoms. The van der Waals surface area contributed by atoms with Crippen molar-refractivity contribution < 1.29 is 13.2 Å². The van der Waals surface area contributed by atoms with E-state index < -0.39 is 11.7 Å². The lowest BCUT2D eigenvalue weighted by Gasteiger charge is -2.31. The van der Waals surface area contributed by atoms with Crippen molar-refractivity contribution in [2.45, 2.75) is 45.8 Å². The van der Waals surface area contributed by atoms with E-state index in [1.807, 2.05) is 6.92 Å². The van der Waals surface area contributed by atoms with Crippen LogP contribution in [-0.2, 0) is 12.7 Å². The van der Waals surface area contributed by atoms with Crippen LogP contribution in [0.15, 0.2) is 29.3 Å². The van der Waals surface area contributed by atoms with Gasteiger partial charge in [-0.25, -0.2) is 4.99 Å². The molecule has 1 heterocycles. The number of likely N-dealkylation sites (tertiary alicyclic amines) is 1. The summed E-state index contributed by atoms with van der Waals surface area (Å²) in [5, 5.41) is 6.54. The lowest BCUT2D eigenvalue weighted by atomic mass is 9.93. The molecule has 0 aromatic heterocycles. The highest BCUT2D eigenvalue weighted by Crippen LogP contribution is 2.29. The molecule has 8 heteroatoms. The molecule has 4 nitrogen and oxygen atoms in total. The fourth-order valence-corrected chi connectivity index (χ4v) is 3.30. The van der Waals surface area contributed by atoms with Crippen molar-refractivity contribution in [3.63, 3.8) is 0 Å². The lowest BCUT2D eigenvalue weighted by molar-refractivity contribution is -0.137. The van der Waals surface area contributed by atoms with Gasteiger partial charge in [-0.2, -0.15) is 13.2 Å². The van der Waals surface area contributed by atoms with Gasteiger partial charge < -0.3 is 15.5 Å². The maximum Gasteiger partial charge on any atom is 0.416 e. The van der Waals surface area contributed by atoms with E-state index in [2.05, 4.69) is 27.4 Å². The largest absolute Gasteiger partial charge is 0.416 e. The molecule has 2 N–H and O–H groups in total. The molecule has 0 unspecified atom stereocenters. The molecule has 0 amide bonds. The number of piperidine rings is 1. The van der Waals surface area contributed by atoms with E-state index in [1.54, 1.807) is 0 Å². The molecule has 0 bridgehead atoms. The van der Waals surface area contributed by atoms with E-state index in [-0.39, 0.29) is 24.0 Å². The average molecular weight is 512 g/mol. The number of aliphatic imine (C=N–C) groups is 1. The van der Waals surface area contributed by atoms with Crippen LogP contribution in [0.3, 0.4) is 0 Å². The number of nitrogens with one attached hydrogen (secondary N) is 2. The van der Waals surface area contributed by atoms with Crippen LogP contribution in [0, 0.1) is 5.92 Å². The summed E-state index contributed by atoms with van der Waals surface area (Å²) in [5.41, 5.74) is 0.126. The van der Waals surface area contributed by atoms with Gasteiger partial charge in [-0.1, -0.05) is 19.1 Å². The summed E-state index contributed by atoms with van der Waals surface area (Å²) in [6.45, 7) is 9.65. The van der Waals surface area contributed by atoms with Gasteiger partial charge in [-0.3, -0.25) is 0 Å². The molecule has 1 aliphatic heterocycles. The molecular weight excluding hydrogens is 480 g/mol. The molecular formula is C20H32F3IN4. The maximum atomic E-state index is 12.6. The van der Waals surface area contributed by atoms with Crippen molar-refractivity contribution in [2.24, 2.45) is 10.9 Å². The van der Waals surface area contributed by atoms with Gasteiger partial charge in [-0.05, 0) is 69.4 Å². The number of hydrogen-bond acceptors (Lipinski definition) is 2. The summed E-state index contributed by atoms with van der Waals surface area (Å²) < 4.78 is 37.9. The zero-order valence-electron chi connectivity index (χ0n) is 16.7. The number of rotatable bonds is 7. The lowest BCUT2D eigenvalue weighted by Crippen LogP contribution is -2.39. The van der Waals surface area contributed by atoms with Gasteiger partial charge in [0.25, 0.3) is 0 Å². The standard InChI is InChI=1S/C20H31F3N4.HI/c1-3-24-19(25-12-9-16-10-13-27(4-2)14-11-16)26-15-17-5-7-18(8-6-17)20(21,22)23;/h5-8,16H,3-4,9-15H2,1-2H3,(H2,24,25,26);1H. The van der Waals surface area contributed by atoms with E-state index in [0.29, 0.717) is 12.5 Å². The van der Waals surface area contributed by atoms with Crippen LogP contribution in [0.2, 0.25) is 0 Å². The highest BCUT2D eigenvalue weighted by molar-refractivity contribution is 14.0. The minimum absolute atomic E-state index is 0. The maximum absolute atomic E-state index is 12.6. The number of alkyl halides is 3. The van der Waals surface area contributed by atoms with Gasteiger partial charge in [-0.15, -0.1) is 24.0 Å². The zero-order chi connectivity index (χ0) is 19.7. The molecule has 0 aliphatic carbocycles. The Labute approximate surface area is 183 Å². The van der Waals surface area contributed by atoms with Crippen molar-refractivity contribution in [1.82, 2.24) is 15.5 Å². The summed E-state index contributed by atoms with van der Waals surface area (Å²) in [4.78, 5) is 6.97. The minimum atomic E-state index is -4.30. The molecule has 2 rings (SSSR count).